The van der Waals surface area contributed by atoms with Crippen LogP contribution >= 0.6 is 0 Å². The fourth-order valence-electron chi connectivity index (χ4n) is 2.23. The van der Waals surface area contributed by atoms with Crippen molar-refractivity contribution in [2.75, 3.05) is 19.6 Å². The number of hydrogen-bond acceptors (Lipinski definition) is 2. The van der Waals surface area contributed by atoms with Crippen LogP contribution in [0.5, 0.6) is 0 Å². The molecule has 1 aromatic carbocycles. The highest BCUT2D eigenvalue weighted by atomic mass is 16.2. The van der Waals surface area contributed by atoms with Crippen LogP contribution in [0, 0.1) is 0 Å². The monoisotopic (exact) mass is 246 g/mol. The molecule has 3 nitrogen and oxygen atoms in total. The zero-order valence-corrected chi connectivity index (χ0v) is 11.3. The fourth-order valence-corrected chi connectivity index (χ4v) is 2.23. The molecular weight excluding hydrogens is 224 g/mol. The first kappa shape index (κ1) is 13.1. The molecule has 1 aliphatic rings. The highest BCUT2D eigenvalue weighted by Gasteiger charge is 2.28. The fraction of sp³-hybridized carbons (Fsp3) is 0.533. The van der Waals surface area contributed by atoms with E-state index < -0.39 is 0 Å². The molecule has 2 rings (SSSR count). The van der Waals surface area contributed by atoms with E-state index in [2.05, 4.69) is 31.3 Å². The third-order valence-electron chi connectivity index (χ3n) is 3.54. The molecule has 0 bridgehead atoms. The number of hydrogen-bond donors (Lipinski definition) is 1. The van der Waals surface area contributed by atoms with E-state index in [0.717, 1.165) is 38.0 Å². The molecule has 1 fully saturated rings. The van der Waals surface area contributed by atoms with E-state index in [1.807, 2.05) is 17.0 Å². The van der Waals surface area contributed by atoms with Crippen molar-refractivity contribution in [1.82, 2.24) is 10.2 Å². The van der Waals surface area contributed by atoms with Crippen LogP contribution in [0.4, 0.5) is 0 Å². The van der Waals surface area contributed by atoms with Gasteiger partial charge in [0.2, 0.25) is 0 Å². The minimum Gasteiger partial charge on any atom is -0.333 e. The Bertz CT molecular complexity index is 395. The molecule has 3 heteroatoms. The molecule has 0 spiro atoms. The molecule has 0 atom stereocenters. The Morgan fingerprint density at radius 2 is 1.94 bits per heavy atom. The van der Waals surface area contributed by atoms with Crippen LogP contribution in [0.1, 0.15) is 36.2 Å². The predicted molar refractivity (Wildman–Crippen MR) is 73.8 cm³/mol. The number of nitrogens with zero attached hydrogens (tertiary/aromatic N) is 1. The topological polar surface area (TPSA) is 32.3 Å². The lowest BCUT2D eigenvalue weighted by molar-refractivity contribution is 0.0616. The van der Waals surface area contributed by atoms with Crippen LogP contribution in [0.2, 0.25) is 0 Å². The molecule has 1 heterocycles. The Hall–Kier alpha value is -1.35. The molecule has 1 aliphatic heterocycles. The second kappa shape index (κ2) is 6.01. The molecule has 0 saturated carbocycles. The van der Waals surface area contributed by atoms with Gasteiger partial charge in [0, 0.05) is 25.2 Å². The minimum atomic E-state index is 0.172. The second-order valence-electron chi connectivity index (χ2n) is 4.86. The lowest BCUT2D eigenvalue weighted by Gasteiger charge is -2.38. The second-order valence-corrected chi connectivity index (χ2v) is 4.86. The van der Waals surface area contributed by atoms with E-state index in [0.29, 0.717) is 6.04 Å². The van der Waals surface area contributed by atoms with Gasteiger partial charge < -0.3 is 10.2 Å². The zero-order valence-electron chi connectivity index (χ0n) is 11.3. The largest absolute Gasteiger partial charge is 0.333 e. The van der Waals surface area contributed by atoms with E-state index in [4.69, 9.17) is 0 Å². The van der Waals surface area contributed by atoms with Gasteiger partial charge in [-0.05, 0) is 30.5 Å². The van der Waals surface area contributed by atoms with Crippen LogP contribution in [-0.2, 0) is 6.42 Å². The highest BCUT2D eigenvalue weighted by Crippen LogP contribution is 2.13. The standard InChI is InChI=1S/C15H22N2O/c1-3-9-17(14-10-16-11-14)15(18)13-7-5-12(4-2)6-8-13/h5-8,14,16H,3-4,9-11H2,1-2H3. The summed E-state index contributed by atoms with van der Waals surface area (Å²) in [5, 5.41) is 3.23. The summed E-state index contributed by atoms with van der Waals surface area (Å²) in [7, 11) is 0. The molecule has 1 saturated heterocycles. The molecule has 0 aliphatic carbocycles. The molecule has 1 N–H and O–H groups in total. The molecule has 0 unspecified atom stereocenters. The third kappa shape index (κ3) is 2.72. The van der Waals surface area contributed by atoms with Gasteiger partial charge in [0.15, 0.2) is 0 Å². The number of benzene rings is 1. The van der Waals surface area contributed by atoms with E-state index in [1.165, 1.54) is 5.56 Å². The maximum atomic E-state index is 12.5. The molecule has 1 aromatic rings. The molecule has 98 valence electrons. The normalized spacial score (nSPS) is 15.2. The van der Waals surface area contributed by atoms with Crippen molar-refractivity contribution in [3.63, 3.8) is 0 Å². The van der Waals surface area contributed by atoms with Gasteiger partial charge in [0.1, 0.15) is 0 Å². The first-order valence-electron chi connectivity index (χ1n) is 6.86. The Morgan fingerprint density at radius 1 is 1.28 bits per heavy atom. The first-order valence-corrected chi connectivity index (χ1v) is 6.86. The van der Waals surface area contributed by atoms with E-state index in [-0.39, 0.29) is 5.91 Å². The molecule has 18 heavy (non-hydrogen) atoms. The summed E-state index contributed by atoms with van der Waals surface area (Å²) in [6.45, 7) is 6.95. The molecule has 0 radical (unpaired) electrons. The number of rotatable bonds is 5. The predicted octanol–water partition coefficient (Wildman–Crippen LogP) is 2.07. The van der Waals surface area contributed by atoms with Gasteiger partial charge in [-0.25, -0.2) is 0 Å². The number of carbonyl (C=O) groups excluding carboxylic acids is 1. The number of aryl methyl sites for hydroxylation is 1. The van der Waals surface area contributed by atoms with Gasteiger partial charge in [-0.2, -0.15) is 0 Å². The van der Waals surface area contributed by atoms with Crippen molar-refractivity contribution in [3.05, 3.63) is 35.4 Å². The van der Waals surface area contributed by atoms with E-state index in [1.54, 1.807) is 0 Å². The van der Waals surface area contributed by atoms with Crippen LogP contribution in [0.25, 0.3) is 0 Å². The van der Waals surface area contributed by atoms with Crippen molar-refractivity contribution in [3.8, 4) is 0 Å². The number of nitrogens with one attached hydrogen (secondary N) is 1. The van der Waals surface area contributed by atoms with Gasteiger partial charge in [0.25, 0.3) is 5.91 Å². The van der Waals surface area contributed by atoms with Crippen molar-refractivity contribution in [1.29, 1.82) is 0 Å². The Balaban J connectivity index is 2.10. The summed E-state index contributed by atoms with van der Waals surface area (Å²) in [4.78, 5) is 14.5. The van der Waals surface area contributed by atoms with E-state index >= 15 is 0 Å². The lowest BCUT2D eigenvalue weighted by Crippen LogP contribution is -2.59. The molecular formula is C15H22N2O. The average molecular weight is 246 g/mol. The first-order chi connectivity index (χ1) is 8.76. The minimum absolute atomic E-state index is 0.172. The Kier molecular flexibility index (Phi) is 4.37. The van der Waals surface area contributed by atoms with Gasteiger partial charge in [-0.1, -0.05) is 26.0 Å². The summed E-state index contributed by atoms with van der Waals surface area (Å²) in [6, 6.07) is 8.39. The average Bonchev–Trinajstić information content (AvgIpc) is 2.35. The van der Waals surface area contributed by atoms with Gasteiger partial charge >= 0.3 is 0 Å². The van der Waals surface area contributed by atoms with Crippen molar-refractivity contribution >= 4 is 5.91 Å². The number of amides is 1. The van der Waals surface area contributed by atoms with Crippen LogP contribution < -0.4 is 5.32 Å². The van der Waals surface area contributed by atoms with E-state index in [9.17, 15) is 4.79 Å². The summed E-state index contributed by atoms with van der Waals surface area (Å²) < 4.78 is 0. The summed E-state index contributed by atoms with van der Waals surface area (Å²) in [6.07, 6.45) is 2.02. The molecule has 1 amide bonds. The summed E-state index contributed by atoms with van der Waals surface area (Å²) >= 11 is 0. The maximum Gasteiger partial charge on any atom is 0.254 e. The zero-order chi connectivity index (χ0) is 13.0. The smallest absolute Gasteiger partial charge is 0.254 e. The quantitative estimate of drug-likeness (QED) is 0.862. The van der Waals surface area contributed by atoms with Crippen LogP contribution in [0.3, 0.4) is 0 Å². The van der Waals surface area contributed by atoms with Gasteiger partial charge in [0.05, 0.1) is 6.04 Å². The van der Waals surface area contributed by atoms with Crippen LogP contribution in [0.15, 0.2) is 24.3 Å². The van der Waals surface area contributed by atoms with Gasteiger partial charge in [-0.15, -0.1) is 0 Å². The third-order valence-corrected chi connectivity index (χ3v) is 3.54. The maximum absolute atomic E-state index is 12.5. The Morgan fingerprint density at radius 3 is 2.39 bits per heavy atom. The highest BCUT2D eigenvalue weighted by molar-refractivity contribution is 5.94. The summed E-state index contributed by atoms with van der Waals surface area (Å²) in [5.41, 5.74) is 2.09. The lowest BCUT2D eigenvalue weighted by atomic mass is 10.1. The SMILES string of the molecule is CCCN(C(=O)c1ccc(CC)cc1)C1CNC1. The molecule has 0 aromatic heterocycles. The van der Waals surface area contributed by atoms with Crippen molar-refractivity contribution in [2.45, 2.75) is 32.7 Å². The van der Waals surface area contributed by atoms with Crippen LogP contribution in [-0.4, -0.2) is 36.5 Å². The summed E-state index contributed by atoms with van der Waals surface area (Å²) in [5.74, 6) is 0.172. The van der Waals surface area contributed by atoms with Crippen molar-refractivity contribution in [2.24, 2.45) is 0 Å². The number of carbonyl (C=O) groups is 1. The van der Waals surface area contributed by atoms with Crippen molar-refractivity contribution < 1.29 is 4.79 Å². The van der Waals surface area contributed by atoms with Gasteiger partial charge in [-0.3, -0.25) is 4.79 Å². The Labute approximate surface area is 109 Å².